The molecule has 1 heterocycles. The van der Waals surface area contributed by atoms with Crippen molar-refractivity contribution in [2.45, 2.75) is 59.3 Å². The third kappa shape index (κ3) is 10.5. The van der Waals surface area contributed by atoms with Gasteiger partial charge in [-0.05, 0) is 47.7 Å². The molecule has 0 amide bonds. The van der Waals surface area contributed by atoms with E-state index < -0.39 is 0 Å². The van der Waals surface area contributed by atoms with Crippen molar-refractivity contribution in [1.82, 2.24) is 19.6 Å². The van der Waals surface area contributed by atoms with Gasteiger partial charge in [0.05, 0.1) is 0 Å². The fourth-order valence-corrected chi connectivity index (χ4v) is 6.86. The molecule has 55 heavy (non-hydrogen) atoms. The molecule has 298 valence electrons. The van der Waals surface area contributed by atoms with Gasteiger partial charge in [-0.15, -0.1) is 0 Å². The minimum Gasteiger partial charge on any atom is -0.508 e. The van der Waals surface area contributed by atoms with Crippen molar-refractivity contribution in [3.8, 4) is 57.5 Å². The molecule has 10 N–H and O–H groups in total. The lowest BCUT2D eigenvalue weighted by atomic mass is 9.86. The largest absolute Gasteiger partial charge is 0.508 e. The average Bonchev–Trinajstić information content (AvgIpc) is 3.06. The first-order valence-corrected chi connectivity index (χ1v) is 18.3. The lowest BCUT2D eigenvalue weighted by Gasteiger charge is -2.35. The molecule has 0 radical (unpaired) electrons. The minimum absolute atomic E-state index is 0.0328. The summed E-state index contributed by atoms with van der Waals surface area (Å²) in [4.78, 5) is 8.15. The molecule has 14 nitrogen and oxygen atoms in total. The molecule has 14 heteroatoms. The third-order valence-corrected chi connectivity index (χ3v) is 10.2. The Hall–Kier alpha value is -5.28. The van der Waals surface area contributed by atoms with Crippen molar-refractivity contribution in [3.63, 3.8) is 0 Å². The molecule has 0 bridgehead atoms. The highest BCUT2D eigenvalue weighted by atomic mass is 16.3. The van der Waals surface area contributed by atoms with E-state index in [9.17, 15) is 51.1 Å². The molecule has 0 unspecified atom stereocenters. The van der Waals surface area contributed by atoms with Gasteiger partial charge < -0.3 is 51.1 Å². The van der Waals surface area contributed by atoms with E-state index in [1.807, 2.05) is 30.6 Å². The van der Waals surface area contributed by atoms with E-state index in [4.69, 9.17) is 0 Å². The van der Waals surface area contributed by atoms with Gasteiger partial charge in [-0.25, -0.2) is 0 Å². The van der Waals surface area contributed by atoms with Crippen molar-refractivity contribution in [2.24, 2.45) is 0 Å². The Morgan fingerprint density at radius 2 is 0.600 bits per heavy atom. The Morgan fingerprint density at radius 3 is 0.836 bits per heavy atom. The van der Waals surface area contributed by atoms with Crippen LogP contribution in [0.3, 0.4) is 0 Å². The molecule has 1 fully saturated rings. The van der Waals surface area contributed by atoms with Gasteiger partial charge in [0.25, 0.3) is 0 Å². The quantitative estimate of drug-likeness (QED) is 0.118. The summed E-state index contributed by atoms with van der Waals surface area (Å²) in [6, 6.07) is 11.1. The van der Waals surface area contributed by atoms with Gasteiger partial charge in [-0.1, -0.05) is 20.8 Å². The van der Waals surface area contributed by atoms with Gasteiger partial charge in [0.15, 0.2) is 0 Å². The normalized spacial score (nSPS) is 16.1. The maximum absolute atomic E-state index is 11.1. The second-order valence-corrected chi connectivity index (χ2v) is 15.6. The molecular formula is C41H54N4O10. The van der Waals surface area contributed by atoms with Gasteiger partial charge in [0.2, 0.25) is 0 Å². The molecule has 4 aromatic carbocycles. The highest BCUT2D eigenvalue weighted by Gasteiger charge is 2.25. The summed E-state index contributed by atoms with van der Waals surface area (Å²) in [5, 5.41) is 107. The second-order valence-electron chi connectivity index (χ2n) is 15.6. The van der Waals surface area contributed by atoms with Crippen LogP contribution < -0.4 is 0 Å². The van der Waals surface area contributed by atoms with Crippen molar-refractivity contribution >= 4 is 0 Å². The van der Waals surface area contributed by atoms with Crippen molar-refractivity contribution in [3.05, 3.63) is 81.9 Å². The number of nitrogens with zero attached hydrogens (tertiary/aromatic N) is 4. The molecule has 4 aromatic rings. The van der Waals surface area contributed by atoms with Crippen LogP contribution in [-0.2, 0) is 31.6 Å². The van der Waals surface area contributed by atoms with Crippen LogP contribution in [0, 0.1) is 6.92 Å². The zero-order valence-electron chi connectivity index (χ0n) is 31.9. The third-order valence-electron chi connectivity index (χ3n) is 10.2. The van der Waals surface area contributed by atoms with E-state index in [1.54, 1.807) is 31.2 Å². The summed E-state index contributed by atoms with van der Waals surface area (Å²) in [5.74, 6) is -1.81. The maximum atomic E-state index is 11.1. The van der Waals surface area contributed by atoms with Gasteiger partial charge in [-0.2, -0.15) is 0 Å². The first-order chi connectivity index (χ1) is 25.9. The van der Waals surface area contributed by atoms with Crippen LogP contribution in [0.4, 0.5) is 0 Å². The van der Waals surface area contributed by atoms with E-state index in [0.29, 0.717) is 69.0 Å². The predicted octanol–water partition coefficient (Wildman–Crippen LogP) is 4.67. The molecule has 5 rings (SSSR count). The van der Waals surface area contributed by atoms with Crippen LogP contribution in [0.1, 0.15) is 54.2 Å². The fraction of sp³-hybridized carbons (Fsp3) is 0.415. The predicted molar refractivity (Wildman–Crippen MR) is 207 cm³/mol. The zero-order valence-corrected chi connectivity index (χ0v) is 31.9. The Kier molecular flexibility index (Phi) is 12.7. The summed E-state index contributed by atoms with van der Waals surface area (Å²) >= 11 is 0. The van der Waals surface area contributed by atoms with Crippen LogP contribution in [0.15, 0.2) is 48.5 Å². The Balaban J connectivity index is 1.50. The number of hydrogen-bond donors (Lipinski definition) is 10. The van der Waals surface area contributed by atoms with Crippen molar-refractivity contribution in [2.75, 3.05) is 52.4 Å². The molecule has 0 aromatic heterocycles. The van der Waals surface area contributed by atoms with E-state index in [0.717, 1.165) is 29.8 Å². The standard InChI is InChI=1S/C41H54N4O10/c1-25-13-33(48)29(34(49)14-25)21-42-5-7-43(22-30-35(50)15-26(16-36(30)51)41(2,3)4)8-10-45(24-32-39(54)19-28(47)20-40(32)55)12-11-44(9-6-42)23-31-37(52)17-27(46)18-38(31)53/h13-20,46-55H,5-12,21-24H2,1-4H3. The lowest BCUT2D eigenvalue weighted by Crippen LogP contribution is -2.45. The number of benzene rings is 4. The summed E-state index contributed by atoms with van der Waals surface area (Å²) in [5.41, 5.74) is 2.32. The van der Waals surface area contributed by atoms with Gasteiger partial charge >= 0.3 is 0 Å². The van der Waals surface area contributed by atoms with Gasteiger partial charge in [-0.3, -0.25) is 19.6 Å². The highest BCUT2D eigenvalue weighted by molar-refractivity contribution is 5.50. The SMILES string of the molecule is Cc1cc(O)c(CN2CCN(Cc3c(O)cc(O)cc3O)CCN(Cc3c(O)cc(O)cc3O)CCN(Cc3c(O)cc(C(C)(C)C)cc3O)CC2)c(O)c1. The summed E-state index contributed by atoms with van der Waals surface area (Å²) in [6.45, 7) is 11.6. The van der Waals surface area contributed by atoms with E-state index in [2.05, 4.69) is 9.80 Å². The topological polar surface area (TPSA) is 215 Å². The van der Waals surface area contributed by atoms with E-state index >= 15 is 0 Å². The van der Waals surface area contributed by atoms with Crippen LogP contribution in [0.5, 0.6) is 57.5 Å². The van der Waals surface area contributed by atoms with Crippen LogP contribution in [0.25, 0.3) is 0 Å². The smallest absolute Gasteiger partial charge is 0.127 e. The number of phenols is 10. The Morgan fingerprint density at radius 1 is 0.382 bits per heavy atom. The minimum atomic E-state index is -0.311. The summed E-state index contributed by atoms with van der Waals surface area (Å²) in [7, 11) is 0. The first-order valence-electron chi connectivity index (χ1n) is 18.3. The molecule has 0 atom stereocenters. The van der Waals surface area contributed by atoms with Crippen LogP contribution in [0.2, 0.25) is 0 Å². The molecule has 1 saturated heterocycles. The zero-order chi connectivity index (χ0) is 40.2. The Bertz CT molecular complexity index is 1810. The lowest BCUT2D eigenvalue weighted by molar-refractivity contribution is 0.119. The maximum Gasteiger partial charge on any atom is 0.127 e. The number of phenolic OH excluding ortho intramolecular Hbond substituents is 10. The number of hydrogen-bond acceptors (Lipinski definition) is 14. The highest BCUT2D eigenvalue weighted by Crippen LogP contribution is 2.37. The molecule has 0 aliphatic carbocycles. The van der Waals surface area contributed by atoms with Crippen LogP contribution in [-0.4, -0.2) is 123 Å². The monoisotopic (exact) mass is 762 g/mol. The Labute approximate surface area is 321 Å². The molecule has 0 spiro atoms. The molecular weight excluding hydrogens is 708 g/mol. The molecule has 0 saturated carbocycles. The van der Waals surface area contributed by atoms with E-state index in [1.165, 1.54) is 0 Å². The molecule has 1 aliphatic heterocycles. The van der Waals surface area contributed by atoms with Gasteiger partial charge in [0, 0.05) is 125 Å². The van der Waals surface area contributed by atoms with Crippen LogP contribution >= 0.6 is 0 Å². The number of rotatable bonds is 8. The van der Waals surface area contributed by atoms with Gasteiger partial charge in [0.1, 0.15) is 57.5 Å². The summed E-state index contributed by atoms with van der Waals surface area (Å²) < 4.78 is 0. The number of aryl methyl sites for hydroxylation is 1. The summed E-state index contributed by atoms with van der Waals surface area (Å²) in [6.07, 6.45) is 0. The first kappa shape index (κ1) is 40.9. The van der Waals surface area contributed by atoms with Crippen molar-refractivity contribution < 1.29 is 51.1 Å². The average molecular weight is 763 g/mol. The fourth-order valence-electron chi connectivity index (χ4n) is 6.86. The number of aromatic hydroxyl groups is 10. The molecule has 1 aliphatic rings. The van der Waals surface area contributed by atoms with E-state index in [-0.39, 0.29) is 100 Å². The second kappa shape index (κ2) is 17.0. The van der Waals surface area contributed by atoms with Crippen molar-refractivity contribution in [1.29, 1.82) is 0 Å².